The first-order valence-corrected chi connectivity index (χ1v) is 8.99. The third kappa shape index (κ3) is 2.94. The Morgan fingerprint density at radius 1 is 1.43 bits per heavy atom. The zero-order valence-electron chi connectivity index (χ0n) is 13.1. The van der Waals surface area contributed by atoms with Crippen LogP contribution in [0.5, 0.6) is 0 Å². The molecule has 1 aliphatic carbocycles. The second-order valence-corrected chi connectivity index (χ2v) is 7.33. The zero-order valence-corrected chi connectivity index (χ0v) is 13.9. The molecule has 0 spiro atoms. The number of nitrogens with two attached hydrogens (primary N) is 1. The van der Waals surface area contributed by atoms with Crippen molar-refractivity contribution >= 4 is 22.1 Å². The van der Waals surface area contributed by atoms with Gasteiger partial charge in [-0.3, -0.25) is 4.40 Å². The molecule has 0 radical (unpaired) electrons. The van der Waals surface area contributed by atoms with Crippen LogP contribution < -0.4 is 10.6 Å². The average molecular weight is 306 g/mol. The Morgan fingerprint density at radius 2 is 2.19 bits per heavy atom. The van der Waals surface area contributed by atoms with Gasteiger partial charge in [-0.1, -0.05) is 26.7 Å². The molecule has 0 aromatic carbocycles. The fraction of sp³-hybridized carbons (Fsp3) is 0.688. The number of thiazole rings is 1. The van der Waals surface area contributed by atoms with Gasteiger partial charge in [0.25, 0.3) is 0 Å². The van der Waals surface area contributed by atoms with E-state index >= 15 is 0 Å². The summed E-state index contributed by atoms with van der Waals surface area (Å²) in [5, 5.41) is 2.08. The monoisotopic (exact) mass is 306 g/mol. The minimum atomic E-state index is 0.554. The molecule has 2 aromatic heterocycles. The molecule has 4 nitrogen and oxygen atoms in total. The van der Waals surface area contributed by atoms with E-state index in [4.69, 9.17) is 10.7 Å². The molecule has 2 aromatic rings. The molecule has 0 aliphatic heterocycles. The topological polar surface area (TPSA) is 46.6 Å². The standard InChI is InChI=1S/C16H26N4S/c1-12(2)7-8-19(13-5-3-4-6-13)15-14(11-17)20-9-10-21-16(20)18-15/h9-10,12-13H,3-8,11,17H2,1-2H3. The normalized spacial score (nSPS) is 16.4. The molecule has 116 valence electrons. The second-order valence-electron chi connectivity index (χ2n) is 6.46. The van der Waals surface area contributed by atoms with E-state index in [9.17, 15) is 0 Å². The van der Waals surface area contributed by atoms with E-state index in [0.717, 1.165) is 23.2 Å². The van der Waals surface area contributed by atoms with Gasteiger partial charge in [-0.2, -0.15) is 0 Å². The Kier molecular flexibility index (Phi) is 4.50. The predicted molar refractivity (Wildman–Crippen MR) is 90.0 cm³/mol. The Bertz CT molecular complexity index is 580. The van der Waals surface area contributed by atoms with E-state index in [1.54, 1.807) is 11.3 Å². The maximum Gasteiger partial charge on any atom is 0.195 e. The summed E-state index contributed by atoms with van der Waals surface area (Å²) in [6, 6.07) is 0.652. The molecule has 0 amide bonds. The molecule has 0 bridgehead atoms. The van der Waals surface area contributed by atoms with Crippen LogP contribution in [0.4, 0.5) is 5.82 Å². The van der Waals surface area contributed by atoms with E-state index in [-0.39, 0.29) is 0 Å². The molecule has 3 rings (SSSR count). The first kappa shape index (κ1) is 14.9. The summed E-state index contributed by atoms with van der Waals surface area (Å²) >= 11 is 1.69. The van der Waals surface area contributed by atoms with Gasteiger partial charge in [0.05, 0.1) is 5.69 Å². The summed E-state index contributed by atoms with van der Waals surface area (Å²) in [7, 11) is 0. The SMILES string of the molecule is CC(C)CCN(c1nc2sccn2c1CN)C1CCCC1. The molecular formula is C16H26N4S. The van der Waals surface area contributed by atoms with E-state index in [0.29, 0.717) is 12.6 Å². The van der Waals surface area contributed by atoms with Crippen molar-refractivity contribution in [1.82, 2.24) is 9.38 Å². The van der Waals surface area contributed by atoms with Crippen molar-refractivity contribution in [1.29, 1.82) is 0 Å². The molecule has 1 saturated carbocycles. The lowest BCUT2D eigenvalue weighted by atomic mass is 10.1. The van der Waals surface area contributed by atoms with Crippen LogP contribution in [0.2, 0.25) is 0 Å². The highest BCUT2D eigenvalue weighted by Crippen LogP contribution is 2.32. The molecule has 21 heavy (non-hydrogen) atoms. The largest absolute Gasteiger partial charge is 0.352 e. The van der Waals surface area contributed by atoms with Crippen molar-refractivity contribution in [2.24, 2.45) is 11.7 Å². The fourth-order valence-corrected chi connectivity index (χ4v) is 4.04. The maximum absolute atomic E-state index is 6.03. The van der Waals surface area contributed by atoms with Crippen LogP contribution in [-0.2, 0) is 6.54 Å². The van der Waals surface area contributed by atoms with Crippen LogP contribution in [0.25, 0.3) is 4.96 Å². The van der Waals surface area contributed by atoms with Crippen LogP contribution in [0.1, 0.15) is 51.6 Å². The molecular weight excluding hydrogens is 280 g/mol. The summed E-state index contributed by atoms with van der Waals surface area (Å²) < 4.78 is 2.16. The Morgan fingerprint density at radius 3 is 2.86 bits per heavy atom. The van der Waals surface area contributed by atoms with Crippen molar-refractivity contribution < 1.29 is 0 Å². The van der Waals surface area contributed by atoms with Gasteiger partial charge in [0.1, 0.15) is 0 Å². The lowest BCUT2D eigenvalue weighted by molar-refractivity contribution is 0.524. The Labute approximate surface area is 131 Å². The van der Waals surface area contributed by atoms with Crippen molar-refractivity contribution in [2.45, 2.75) is 58.5 Å². The summed E-state index contributed by atoms with van der Waals surface area (Å²) in [4.78, 5) is 8.51. The van der Waals surface area contributed by atoms with E-state index in [1.807, 2.05) is 0 Å². The zero-order chi connectivity index (χ0) is 14.8. The average Bonchev–Trinajstić information content (AvgIpc) is 3.14. The number of fused-ring (bicyclic) bond motifs is 1. The summed E-state index contributed by atoms with van der Waals surface area (Å²) in [5.74, 6) is 1.86. The number of rotatable bonds is 6. The van der Waals surface area contributed by atoms with E-state index < -0.39 is 0 Å². The van der Waals surface area contributed by atoms with E-state index in [1.165, 1.54) is 37.8 Å². The number of aromatic nitrogens is 2. The van der Waals surface area contributed by atoms with Crippen LogP contribution >= 0.6 is 11.3 Å². The van der Waals surface area contributed by atoms with Crippen LogP contribution in [-0.4, -0.2) is 22.0 Å². The van der Waals surface area contributed by atoms with Gasteiger partial charge < -0.3 is 10.6 Å². The van der Waals surface area contributed by atoms with Gasteiger partial charge in [0, 0.05) is 30.7 Å². The minimum Gasteiger partial charge on any atom is -0.352 e. The van der Waals surface area contributed by atoms with Gasteiger partial charge in [0.15, 0.2) is 10.8 Å². The van der Waals surface area contributed by atoms with Gasteiger partial charge in [-0.05, 0) is 25.2 Å². The molecule has 2 N–H and O–H groups in total. The van der Waals surface area contributed by atoms with Gasteiger partial charge in [-0.15, -0.1) is 11.3 Å². The lowest BCUT2D eigenvalue weighted by Gasteiger charge is -2.30. The molecule has 0 unspecified atom stereocenters. The molecule has 2 heterocycles. The number of nitrogens with zero attached hydrogens (tertiary/aromatic N) is 3. The Balaban J connectivity index is 1.93. The molecule has 1 aliphatic rings. The summed E-state index contributed by atoms with van der Waals surface area (Å²) in [6.07, 6.45) is 8.60. The molecule has 1 fully saturated rings. The Hall–Kier alpha value is -1.07. The minimum absolute atomic E-state index is 0.554. The fourth-order valence-electron chi connectivity index (χ4n) is 3.32. The predicted octanol–water partition coefficient (Wildman–Crippen LogP) is 3.65. The van der Waals surface area contributed by atoms with Gasteiger partial charge in [0.2, 0.25) is 0 Å². The third-order valence-electron chi connectivity index (χ3n) is 4.52. The van der Waals surface area contributed by atoms with Crippen molar-refractivity contribution in [2.75, 3.05) is 11.4 Å². The van der Waals surface area contributed by atoms with Crippen LogP contribution in [0.15, 0.2) is 11.6 Å². The van der Waals surface area contributed by atoms with E-state index in [2.05, 4.69) is 34.7 Å². The van der Waals surface area contributed by atoms with Crippen molar-refractivity contribution in [3.8, 4) is 0 Å². The number of imidazole rings is 1. The van der Waals surface area contributed by atoms with Crippen LogP contribution in [0.3, 0.4) is 0 Å². The number of anilines is 1. The number of hydrogen-bond donors (Lipinski definition) is 1. The molecule has 0 saturated heterocycles. The van der Waals surface area contributed by atoms with Gasteiger partial charge >= 0.3 is 0 Å². The quantitative estimate of drug-likeness (QED) is 0.886. The number of hydrogen-bond acceptors (Lipinski definition) is 4. The first-order chi connectivity index (χ1) is 10.2. The smallest absolute Gasteiger partial charge is 0.195 e. The molecule has 5 heteroatoms. The van der Waals surface area contributed by atoms with Crippen molar-refractivity contribution in [3.05, 3.63) is 17.3 Å². The van der Waals surface area contributed by atoms with Crippen molar-refractivity contribution in [3.63, 3.8) is 0 Å². The summed E-state index contributed by atoms with van der Waals surface area (Å²) in [6.45, 7) is 6.24. The highest BCUT2D eigenvalue weighted by molar-refractivity contribution is 7.15. The second kappa shape index (κ2) is 6.36. The highest BCUT2D eigenvalue weighted by atomic mass is 32.1. The van der Waals surface area contributed by atoms with Gasteiger partial charge in [-0.25, -0.2) is 4.98 Å². The third-order valence-corrected chi connectivity index (χ3v) is 5.27. The summed E-state index contributed by atoms with van der Waals surface area (Å²) in [5.41, 5.74) is 7.20. The molecule has 0 atom stereocenters. The maximum atomic E-state index is 6.03. The van der Waals surface area contributed by atoms with Crippen LogP contribution in [0, 0.1) is 5.92 Å². The first-order valence-electron chi connectivity index (χ1n) is 8.12. The lowest BCUT2D eigenvalue weighted by Crippen LogP contribution is -2.36. The highest BCUT2D eigenvalue weighted by Gasteiger charge is 2.27.